The predicted molar refractivity (Wildman–Crippen MR) is 114 cm³/mol. The second kappa shape index (κ2) is 7.79. The molecule has 0 spiro atoms. The number of benzene rings is 1. The van der Waals surface area contributed by atoms with Gasteiger partial charge in [-0.3, -0.25) is 4.79 Å². The Labute approximate surface area is 173 Å². The molecule has 1 aromatic carbocycles. The van der Waals surface area contributed by atoms with Gasteiger partial charge in [-0.15, -0.1) is 5.10 Å². The van der Waals surface area contributed by atoms with E-state index in [0.717, 1.165) is 5.56 Å². The van der Waals surface area contributed by atoms with E-state index >= 15 is 0 Å². The van der Waals surface area contributed by atoms with Crippen LogP contribution < -0.4 is 21.5 Å². The number of methoxy groups -OCH3 is 1. The molecule has 5 N–H and O–H groups in total. The number of fused-ring (bicyclic) bond motifs is 1. The van der Waals surface area contributed by atoms with Crippen LogP contribution in [0.1, 0.15) is 47.7 Å². The van der Waals surface area contributed by atoms with Gasteiger partial charge in [0.25, 0.3) is 5.91 Å². The number of nitrogens with two attached hydrogens (primary N) is 2. The van der Waals surface area contributed by atoms with Crippen LogP contribution in [0.25, 0.3) is 0 Å². The number of guanidine groups is 1. The van der Waals surface area contributed by atoms with Gasteiger partial charge in [-0.05, 0) is 37.0 Å². The highest BCUT2D eigenvalue weighted by molar-refractivity contribution is 6.31. The van der Waals surface area contributed by atoms with Crippen molar-refractivity contribution in [3.63, 3.8) is 0 Å². The summed E-state index contributed by atoms with van der Waals surface area (Å²) in [5.74, 6) is 0.845. The van der Waals surface area contributed by atoms with Gasteiger partial charge in [0, 0.05) is 22.6 Å². The molecule has 3 rings (SSSR count). The van der Waals surface area contributed by atoms with Crippen molar-refractivity contribution in [3.8, 4) is 5.75 Å². The van der Waals surface area contributed by atoms with E-state index in [1.807, 2.05) is 6.92 Å². The third-order valence-electron chi connectivity index (χ3n) is 4.70. The van der Waals surface area contributed by atoms with E-state index in [1.165, 1.54) is 7.11 Å². The zero-order valence-electron chi connectivity index (χ0n) is 16.8. The molecule has 0 saturated carbocycles. The second-order valence-corrected chi connectivity index (χ2v) is 8.18. The summed E-state index contributed by atoms with van der Waals surface area (Å²) in [5.41, 5.74) is 13.3. The van der Waals surface area contributed by atoms with Gasteiger partial charge in [0.1, 0.15) is 11.5 Å². The van der Waals surface area contributed by atoms with E-state index in [0.29, 0.717) is 46.3 Å². The maximum Gasteiger partial charge on any atom is 0.291 e. The summed E-state index contributed by atoms with van der Waals surface area (Å²) in [5, 5.41) is 11.3. The van der Waals surface area contributed by atoms with Crippen LogP contribution in [0.3, 0.4) is 0 Å². The Kier molecular flexibility index (Phi) is 5.57. The minimum atomic E-state index is -0.406. The number of amides is 1. The van der Waals surface area contributed by atoms with Crippen LogP contribution in [0.2, 0.25) is 5.02 Å². The highest BCUT2D eigenvalue weighted by Gasteiger charge is 2.36. The summed E-state index contributed by atoms with van der Waals surface area (Å²) < 4.78 is 11.3. The van der Waals surface area contributed by atoms with Gasteiger partial charge in [0.2, 0.25) is 5.96 Å². The van der Waals surface area contributed by atoms with E-state index in [1.54, 1.807) is 18.2 Å². The van der Waals surface area contributed by atoms with Crippen molar-refractivity contribution in [2.75, 3.05) is 12.4 Å². The van der Waals surface area contributed by atoms with Gasteiger partial charge in [0.15, 0.2) is 5.76 Å². The standard InChI is InChI=1S/C20H24ClN5O3/c1-10-16-13(25-26-19(22)23)8-20(2,3)9-15(16)29-17(10)18(27)24-12-7-11(21)5-6-14(12)28-4/h5-7H,8-9H2,1-4H3,(H,24,27)(H4,22,23,26)/b25-13-. The van der Waals surface area contributed by atoms with E-state index in [9.17, 15) is 4.79 Å². The molecule has 0 aliphatic heterocycles. The number of carbonyl (C=O) groups is 1. The fraction of sp³-hybridized carbons (Fsp3) is 0.350. The predicted octanol–water partition coefficient (Wildman–Crippen LogP) is 3.45. The molecule has 154 valence electrons. The summed E-state index contributed by atoms with van der Waals surface area (Å²) in [7, 11) is 1.52. The van der Waals surface area contributed by atoms with E-state index in [2.05, 4.69) is 29.4 Å². The minimum absolute atomic E-state index is 0.112. The van der Waals surface area contributed by atoms with Gasteiger partial charge < -0.3 is 25.9 Å². The highest BCUT2D eigenvalue weighted by Crippen LogP contribution is 2.39. The van der Waals surface area contributed by atoms with Crippen LogP contribution in [0.4, 0.5) is 5.69 Å². The molecular weight excluding hydrogens is 394 g/mol. The molecule has 29 heavy (non-hydrogen) atoms. The number of ether oxygens (including phenoxy) is 1. The SMILES string of the molecule is COc1ccc(Cl)cc1NC(=O)c1oc2c(c1C)/C(=N\N=C(N)N)CC(C)(C)C2. The topological polar surface area (TPSA) is 128 Å². The Morgan fingerprint density at radius 2 is 2.03 bits per heavy atom. The van der Waals surface area contributed by atoms with Gasteiger partial charge in [-0.1, -0.05) is 25.4 Å². The van der Waals surface area contributed by atoms with Crippen molar-refractivity contribution >= 4 is 34.9 Å². The monoisotopic (exact) mass is 417 g/mol. The summed E-state index contributed by atoms with van der Waals surface area (Å²) in [6.07, 6.45) is 1.32. The lowest BCUT2D eigenvalue weighted by molar-refractivity contribution is 0.0992. The maximum atomic E-state index is 13.0. The van der Waals surface area contributed by atoms with Crippen molar-refractivity contribution in [2.45, 2.75) is 33.6 Å². The Morgan fingerprint density at radius 1 is 1.31 bits per heavy atom. The first-order valence-electron chi connectivity index (χ1n) is 9.04. The number of nitrogens with one attached hydrogen (secondary N) is 1. The first kappa shape index (κ1) is 20.7. The molecule has 2 aromatic rings. The fourth-order valence-corrected chi connectivity index (χ4v) is 3.66. The van der Waals surface area contributed by atoms with Crippen molar-refractivity contribution in [2.24, 2.45) is 27.1 Å². The summed E-state index contributed by atoms with van der Waals surface area (Å²) in [6, 6.07) is 4.98. The van der Waals surface area contributed by atoms with E-state index < -0.39 is 5.91 Å². The van der Waals surface area contributed by atoms with Crippen LogP contribution in [-0.2, 0) is 6.42 Å². The summed E-state index contributed by atoms with van der Waals surface area (Å²) in [4.78, 5) is 13.0. The zero-order chi connectivity index (χ0) is 21.3. The van der Waals surface area contributed by atoms with E-state index in [-0.39, 0.29) is 17.1 Å². The smallest absolute Gasteiger partial charge is 0.291 e. The van der Waals surface area contributed by atoms with Crippen molar-refractivity contribution < 1.29 is 13.9 Å². The number of halogens is 1. The molecule has 1 aliphatic carbocycles. The largest absolute Gasteiger partial charge is 0.495 e. The third kappa shape index (κ3) is 4.37. The summed E-state index contributed by atoms with van der Waals surface area (Å²) in [6.45, 7) is 6.00. The lowest BCUT2D eigenvalue weighted by atomic mass is 9.75. The third-order valence-corrected chi connectivity index (χ3v) is 4.93. The fourth-order valence-electron chi connectivity index (χ4n) is 3.49. The summed E-state index contributed by atoms with van der Waals surface area (Å²) >= 11 is 6.05. The highest BCUT2D eigenvalue weighted by atomic mass is 35.5. The van der Waals surface area contributed by atoms with Crippen LogP contribution in [0.15, 0.2) is 32.8 Å². The first-order valence-corrected chi connectivity index (χ1v) is 9.42. The molecule has 0 bridgehead atoms. The Balaban J connectivity index is 2.01. The number of hydrogen-bond acceptors (Lipinski definition) is 5. The van der Waals surface area contributed by atoms with Gasteiger partial charge >= 0.3 is 0 Å². The average Bonchev–Trinajstić information content (AvgIpc) is 2.95. The molecule has 1 aliphatic rings. The lowest BCUT2D eigenvalue weighted by Crippen LogP contribution is -2.27. The van der Waals surface area contributed by atoms with Gasteiger partial charge in [0.05, 0.1) is 18.5 Å². The van der Waals surface area contributed by atoms with Crippen molar-refractivity contribution in [1.29, 1.82) is 0 Å². The quantitative estimate of drug-likeness (QED) is 0.398. The zero-order valence-corrected chi connectivity index (χ0v) is 17.6. The van der Waals surface area contributed by atoms with Crippen LogP contribution in [-0.4, -0.2) is 24.7 Å². The van der Waals surface area contributed by atoms with Crippen LogP contribution >= 0.6 is 11.6 Å². The second-order valence-electron chi connectivity index (χ2n) is 7.74. The lowest BCUT2D eigenvalue weighted by Gasteiger charge is -2.29. The van der Waals surface area contributed by atoms with Crippen LogP contribution in [0, 0.1) is 12.3 Å². The number of rotatable bonds is 4. The number of nitrogens with zero attached hydrogens (tertiary/aromatic N) is 2. The molecule has 1 heterocycles. The molecule has 0 atom stereocenters. The number of furan rings is 1. The van der Waals surface area contributed by atoms with Crippen molar-refractivity contribution in [1.82, 2.24) is 0 Å². The maximum absolute atomic E-state index is 13.0. The average molecular weight is 418 g/mol. The molecular formula is C20H24ClN5O3. The molecule has 0 fully saturated rings. The molecule has 9 heteroatoms. The molecule has 0 unspecified atom stereocenters. The van der Waals surface area contributed by atoms with E-state index in [4.69, 9.17) is 32.2 Å². The Hall–Kier alpha value is -3.00. The molecule has 0 saturated heterocycles. The Bertz CT molecular complexity index is 1020. The molecule has 0 radical (unpaired) electrons. The minimum Gasteiger partial charge on any atom is -0.495 e. The first-order chi connectivity index (χ1) is 13.6. The number of carbonyl (C=O) groups excluding carboxylic acids is 1. The van der Waals surface area contributed by atoms with Gasteiger partial charge in [-0.25, -0.2) is 0 Å². The van der Waals surface area contributed by atoms with Crippen LogP contribution in [0.5, 0.6) is 5.75 Å². The van der Waals surface area contributed by atoms with Crippen molar-refractivity contribution in [3.05, 3.63) is 45.9 Å². The number of anilines is 1. The molecule has 1 aromatic heterocycles. The molecule has 1 amide bonds. The molecule has 8 nitrogen and oxygen atoms in total. The number of hydrogen-bond donors (Lipinski definition) is 3. The Morgan fingerprint density at radius 3 is 2.69 bits per heavy atom. The normalized spacial score (nSPS) is 16.2. The van der Waals surface area contributed by atoms with Gasteiger partial charge in [-0.2, -0.15) is 5.10 Å².